The zero-order valence-corrected chi connectivity index (χ0v) is 15.7. The highest BCUT2D eigenvalue weighted by Crippen LogP contribution is 2.23. The zero-order chi connectivity index (χ0) is 19.9. The SMILES string of the molecule is CCCCCOc1ccc2cc(C(=O)Oc3ccc(C(=O)O)cc3)ccc2c1. The summed E-state index contributed by atoms with van der Waals surface area (Å²) >= 11 is 0. The predicted molar refractivity (Wildman–Crippen MR) is 107 cm³/mol. The molecule has 0 fully saturated rings. The van der Waals surface area contributed by atoms with Crippen LogP contribution in [-0.4, -0.2) is 23.7 Å². The number of benzene rings is 3. The lowest BCUT2D eigenvalue weighted by atomic mass is 10.1. The van der Waals surface area contributed by atoms with Gasteiger partial charge in [-0.3, -0.25) is 0 Å². The number of carbonyl (C=O) groups excluding carboxylic acids is 1. The van der Waals surface area contributed by atoms with Gasteiger partial charge < -0.3 is 14.6 Å². The molecule has 0 aromatic heterocycles. The van der Waals surface area contributed by atoms with E-state index in [2.05, 4.69) is 6.92 Å². The monoisotopic (exact) mass is 378 g/mol. The maximum Gasteiger partial charge on any atom is 0.343 e. The van der Waals surface area contributed by atoms with E-state index >= 15 is 0 Å². The van der Waals surface area contributed by atoms with Crippen molar-refractivity contribution in [2.75, 3.05) is 6.61 Å². The van der Waals surface area contributed by atoms with Crippen LogP contribution in [-0.2, 0) is 0 Å². The van der Waals surface area contributed by atoms with Crippen LogP contribution < -0.4 is 9.47 Å². The normalized spacial score (nSPS) is 10.6. The lowest BCUT2D eigenvalue weighted by molar-refractivity contribution is 0.0696. The van der Waals surface area contributed by atoms with E-state index < -0.39 is 11.9 Å². The Morgan fingerprint density at radius 1 is 0.821 bits per heavy atom. The standard InChI is InChI=1S/C23H22O5/c1-2-3-4-13-27-21-12-9-17-14-19(6-5-18(17)15-21)23(26)28-20-10-7-16(8-11-20)22(24)25/h5-12,14-15H,2-4,13H2,1H3,(H,24,25). The number of aromatic carboxylic acids is 1. The minimum atomic E-state index is -1.03. The second kappa shape index (κ2) is 9.04. The number of ether oxygens (including phenoxy) is 2. The van der Waals surface area contributed by atoms with E-state index in [0.29, 0.717) is 17.9 Å². The second-order valence-electron chi connectivity index (χ2n) is 6.50. The van der Waals surface area contributed by atoms with Gasteiger partial charge in [0.1, 0.15) is 11.5 Å². The number of rotatable bonds is 8. The van der Waals surface area contributed by atoms with E-state index in [4.69, 9.17) is 14.6 Å². The summed E-state index contributed by atoms with van der Waals surface area (Å²) in [4.78, 5) is 23.3. The van der Waals surface area contributed by atoms with Crippen LogP contribution in [0.5, 0.6) is 11.5 Å². The van der Waals surface area contributed by atoms with E-state index in [1.165, 1.54) is 24.3 Å². The van der Waals surface area contributed by atoms with Gasteiger partial charge in [-0.05, 0) is 65.7 Å². The van der Waals surface area contributed by atoms with Crippen LogP contribution in [0.15, 0.2) is 60.7 Å². The Hall–Kier alpha value is -3.34. The minimum absolute atomic E-state index is 0.137. The average molecular weight is 378 g/mol. The third kappa shape index (κ3) is 4.88. The molecule has 0 radical (unpaired) electrons. The van der Waals surface area contributed by atoms with Gasteiger partial charge in [-0.25, -0.2) is 9.59 Å². The summed E-state index contributed by atoms with van der Waals surface area (Å²) in [6, 6.07) is 16.8. The van der Waals surface area contributed by atoms with Crippen LogP contribution in [0, 0.1) is 0 Å². The molecule has 0 saturated heterocycles. The summed E-state index contributed by atoms with van der Waals surface area (Å²) in [5.41, 5.74) is 0.560. The molecule has 144 valence electrons. The molecule has 1 N–H and O–H groups in total. The van der Waals surface area contributed by atoms with Crippen LogP contribution in [0.2, 0.25) is 0 Å². The van der Waals surface area contributed by atoms with E-state index in [9.17, 15) is 9.59 Å². The van der Waals surface area contributed by atoms with Gasteiger partial charge in [0.25, 0.3) is 0 Å². The van der Waals surface area contributed by atoms with E-state index in [-0.39, 0.29) is 5.56 Å². The predicted octanol–water partition coefficient (Wildman–Crippen LogP) is 5.33. The van der Waals surface area contributed by atoms with Crippen molar-refractivity contribution in [3.05, 3.63) is 71.8 Å². The number of esters is 1. The summed E-state index contributed by atoms with van der Waals surface area (Å²) in [6.07, 6.45) is 3.34. The first-order chi connectivity index (χ1) is 13.6. The summed E-state index contributed by atoms with van der Waals surface area (Å²) in [5, 5.41) is 10.8. The largest absolute Gasteiger partial charge is 0.494 e. The van der Waals surface area contributed by atoms with Crippen molar-refractivity contribution in [1.82, 2.24) is 0 Å². The van der Waals surface area contributed by atoms with Crippen molar-refractivity contribution in [2.24, 2.45) is 0 Å². The molecule has 0 aliphatic heterocycles. The Morgan fingerprint density at radius 3 is 2.18 bits per heavy atom. The molecular formula is C23H22O5. The van der Waals surface area contributed by atoms with Crippen molar-refractivity contribution in [3.63, 3.8) is 0 Å². The van der Waals surface area contributed by atoms with Crippen molar-refractivity contribution in [2.45, 2.75) is 26.2 Å². The van der Waals surface area contributed by atoms with E-state index in [0.717, 1.165) is 35.8 Å². The molecule has 0 spiro atoms. The van der Waals surface area contributed by atoms with Gasteiger partial charge in [0.2, 0.25) is 0 Å². The fourth-order valence-electron chi connectivity index (χ4n) is 2.81. The molecule has 0 heterocycles. The lowest BCUT2D eigenvalue weighted by Crippen LogP contribution is -2.08. The molecule has 3 rings (SSSR count). The Kier molecular flexibility index (Phi) is 6.27. The van der Waals surface area contributed by atoms with Gasteiger partial charge in [-0.2, -0.15) is 0 Å². The van der Waals surface area contributed by atoms with Crippen LogP contribution in [0.25, 0.3) is 10.8 Å². The molecule has 0 bridgehead atoms. The fourth-order valence-corrected chi connectivity index (χ4v) is 2.81. The summed E-state index contributed by atoms with van der Waals surface area (Å²) in [5.74, 6) is -0.408. The first-order valence-electron chi connectivity index (χ1n) is 9.29. The first kappa shape index (κ1) is 19.4. The number of fused-ring (bicyclic) bond motifs is 1. The zero-order valence-electron chi connectivity index (χ0n) is 15.7. The average Bonchev–Trinajstić information content (AvgIpc) is 2.71. The quantitative estimate of drug-likeness (QED) is 0.326. The van der Waals surface area contributed by atoms with Crippen molar-refractivity contribution < 1.29 is 24.2 Å². The topological polar surface area (TPSA) is 72.8 Å². The lowest BCUT2D eigenvalue weighted by Gasteiger charge is -2.08. The minimum Gasteiger partial charge on any atom is -0.494 e. The number of hydrogen-bond donors (Lipinski definition) is 1. The highest BCUT2D eigenvalue weighted by Gasteiger charge is 2.11. The molecule has 3 aromatic rings. The molecule has 0 aliphatic carbocycles. The molecule has 3 aromatic carbocycles. The molecule has 28 heavy (non-hydrogen) atoms. The number of carbonyl (C=O) groups is 2. The van der Waals surface area contributed by atoms with Crippen LogP contribution in [0.4, 0.5) is 0 Å². The summed E-state index contributed by atoms with van der Waals surface area (Å²) in [6.45, 7) is 2.86. The summed E-state index contributed by atoms with van der Waals surface area (Å²) in [7, 11) is 0. The van der Waals surface area contributed by atoms with E-state index in [1.54, 1.807) is 12.1 Å². The van der Waals surface area contributed by atoms with Crippen LogP contribution >= 0.6 is 0 Å². The number of unbranched alkanes of at least 4 members (excludes halogenated alkanes) is 2. The molecule has 0 saturated carbocycles. The number of carboxylic acids is 1. The Labute approximate surface area is 163 Å². The van der Waals surface area contributed by atoms with Crippen molar-refractivity contribution in [1.29, 1.82) is 0 Å². The molecule has 0 atom stereocenters. The van der Waals surface area contributed by atoms with E-state index in [1.807, 2.05) is 24.3 Å². The highest BCUT2D eigenvalue weighted by atomic mass is 16.5. The van der Waals surface area contributed by atoms with Crippen molar-refractivity contribution >= 4 is 22.7 Å². The maximum absolute atomic E-state index is 12.4. The Balaban J connectivity index is 1.69. The van der Waals surface area contributed by atoms with Gasteiger partial charge >= 0.3 is 11.9 Å². The molecule has 0 aliphatic rings. The Morgan fingerprint density at radius 2 is 1.46 bits per heavy atom. The third-order valence-corrected chi connectivity index (χ3v) is 4.38. The summed E-state index contributed by atoms with van der Waals surface area (Å²) < 4.78 is 11.1. The highest BCUT2D eigenvalue weighted by molar-refractivity contribution is 5.96. The number of hydrogen-bond acceptors (Lipinski definition) is 4. The number of carboxylic acid groups (broad SMARTS) is 1. The molecule has 0 amide bonds. The van der Waals surface area contributed by atoms with Crippen molar-refractivity contribution in [3.8, 4) is 11.5 Å². The van der Waals surface area contributed by atoms with Gasteiger partial charge in [0.15, 0.2) is 0 Å². The maximum atomic E-state index is 12.4. The van der Waals surface area contributed by atoms with Crippen LogP contribution in [0.3, 0.4) is 0 Å². The fraction of sp³-hybridized carbons (Fsp3) is 0.217. The molecular weight excluding hydrogens is 356 g/mol. The Bertz CT molecular complexity index is 976. The van der Waals surface area contributed by atoms with Crippen LogP contribution in [0.1, 0.15) is 46.9 Å². The molecule has 0 unspecified atom stereocenters. The third-order valence-electron chi connectivity index (χ3n) is 4.38. The second-order valence-corrected chi connectivity index (χ2v) is 6.50. The first-order valence-corrected chi connectivity index (χ1v) is 9.29. The molecule has 5 heteroatoms. The van der Waals surface area contributed by atoms with Gasteiger partial charge in [0, 0.05) is 0 Å². The van der Waals surface area contributed by atoms with Gasteiger partial charge in [-0.1, -0.05) is 31.9 Å². The van der Waals surface area contributed by atoms with Gasteiger partial charge in [0.05, 0.1) is 17.7 Å². The molecule has 5 nitrogen and oxygen atoms in total. The van der Waals surface area contributed by atoms with Gasteiger partial charge in [-0.15, -0.1) is 0 Å². The smallest absolute Gasteiger partial charge is 0.343 e.